The summed E-state index contributed by atoms with van der Waals surface area (Å²) in [6.07, 6.45) is 2.88. The number of hydrogen-bond donors (Lipinski definition) is 1. The van der Waals surface area contributed by atoms with Gasteiger partial charge in [0.25, 0.3) is 0 Å². The molecule has 0 saturated heterocycles. The monoisotopic (exact) mass is 180 g/mol. The first kappa shape index (κ1) is 7.54. The predicted octanol–water partition coefficient (Wildman–Crippen LogP) is 0.932. The van der Waals surface area contributed by atoms with E-state index in [1.807, 2.05) is 0 Å². The van der Waals surface area contributed by atoms with Gasteiger partial charge < -0.3 is 5.11 Å². The van der Waals surface area contributed by atoms with E-state index < -0.39 is 5.97 Å². The van der Waals surface area contributed by atoms with Crippen molar-refractivity contribution in [2.24, 2.45) is 29.6 Å². The zero-order valence-corrected chi connectivity index (χ0v) is 7.27. The van der Waals surface area contributed by atoms with Crippen LogP contribution in [-0.2, 0) is 9.59 Å². The lowest BCUT2D eigenvalue weighted by atomic mass is 9.77. The molecule has 3 saturated carbocycles. The third kappa shape index (κ3) is 0.713. The summed E-state index contributed by atoms with van der Waals surface area (Å²) in [5.41, 5.74) is 0. The summed E-state index contributed by atoms with van der Waals surface area (Å²) >= 11 is 0. The molecular weight excluding hydrogens is 168 g/mol. The van der Waals surface area contributed by atoms with Crippen molar-refractivity contribution in [2.75, 3.05) is 0 Å². The molecule has 3 rings (SSSR count). The number of carbonyl (C=O) groups excluding carboxylic acids is 1. The molecule has 70 valence electrons. The van der Waals surface area contributed by atoms with Gasteiger partial charge in [-0.15, -0.1) is 0 Å². The van der Waals surface area contributed by atoms with Crippen LogP contribution in [0.4, 0.5) is 0 Å². The molecule has 0 unspecified atom stereocenters. The van der Waals surface area contributed by atoms with Gasteiger partial charge in [-0.3, -0.25) is 9.59 Å². The quantitative estimate of drug-likeness (QED) is 0.653. The van der Waals surface area contributed by atoms with Gasteiger partial charge in [-0.25, -0.2) is 0 Å². The zero-order valence-electron chi connectivity index (χ0n) is 7.27. The van der Waals surface area contributed by atoms with Gasteiger partial charge in [0.15, 0.2) is 0 Å². The molecule has 3 aliphatic carbocycles. The number of hydrogen-bond acceptors (Lipinski definition) is 2. The topological polar surface area (TPSA) is 54.4 Å². The Hall–Kier alpha value is -0.860. The Bertz CT molecular complexity index is 297. The SMILES string of the molecule is O=C1[C@@H]2[C@@H]3CC[C@H]1[C@H]3C[C@H]2C(=O)O. The first-order chi connectivity index (χ1) is 6.20. The lowest BCUT2D eigenvalue weighted by Crippen LogP contribution is -2.34. The number of Topliss-reactive ketones (excluding diaryl/α,β-unsaturated/α-hetero) is 1. The normalized spacial score (nSPS) is 51.7. The van der Waals surface area contributed by atoms with Crippen molar-refractivity contribution >= 4 is 11.8 Å². The van der Waals surface area contributed by atoms with Crippen LogP contribution in [-0.4, -0.2) is 16.9 Å². The lowest BCUT2D eigenvalue weighted by molar-refractivity contribution is -0.148. The number of carbonyl (C=O) groups is 2. The molecule has 3 fully saturated rings. The fourth-order valence-corrected chi connectivity index (χ4v) is 3.89. The fourth-order valence-electron chi connectivity index (χ4n) is 3.89. The van der Waals surface area contributed by atoms with E-state index in [-0.39, 0.29) is 23.5 Å². The molecule has 5 atom stereocenters. The van der Waals surface area contributed by atoms with Gasteiger partial charge in [-0.1, -0.05) is 0 Å². The van der Waals surface area contributed by atoms with Crippen LogP contribution in [0.5, 0.6) is 0 Å². The van der Waals surface area contributed by atoms with Gasteiger partial charge in [-0.2, -0.15) is 0 Å². The summed E-state index contributed by atoms with van der Waals surface area (Å²) in [4.78, 5) is 22.5. The van der Waals surface area contributed by atoms with Crippen molar-refractivity contribution in [3.8, 4) is 0 Å². The molecular formula is C10H12O3. The van der Waals surface area contributed by atoms with Crippen molar-refractivity contribution in [3.05, 3.63) is 0 Å². The molecule has 0 aromatic carbocycles. The average Bonchev–Trinajstić information content (AvgIpc) is 2.64. The van der Waals surface area contributed by atoms with E-state index in [1.165, 1.54) is 0 Å². The summed E-state index contributed by atoms with van der Waals surface area (Å²) in [6.45, 7) is 0. The average molecular weight is 180 g/mol. The maximum Gasteiger partial charge on any atom is 0.307 e. The second-order valence-electron chi connectivity index (χ2n) is 4.62. The Morgan fingerprint density at radius 3 is 2.62 bits per heavy atom. The molecule has 4 bridgehead atoms. The Morgan fingerprint density at radius 2 is 2.08 bits per heavy atom. The summed E-state index contributed by atoms with van der Waals surface area (Å²) in [5, 5.41) is 8.93. The Balaban J connectivity index is 1.97. The van der Waals surface area contributed by atoms with E-state index in [0.717, 1.165) is 19.3 Å². The van der Waals surface area contributed by atoms with E-state index in [0.29, 0.717) is 11.8 Å². The summed E-state index contributed by atoms with van der Waals surface area (Å²) < 4.78 is 0. The van der Waals surface area contributed by atoms with Crippen LogP contribution < -0.4 is 0 Å². The molecule has 3 heteroatoms. The molecule has 1 N–H and O–H groups in total. The fraction of sp³-hybridized carbons (Fsp3) is 0.800. The highest BCUT2D eigenvalue weighted by Gasteiger charge is 2.63. The maximum absolute atomic E-state index is 11.7. The van der Waals surface area contributed by atoms with Crippen molar-refractivity contribution in [3.63, 3.8) is 0 Å². The first-order valence-electron chi connectivity index (χ1n) is 4.96. The minimum atomic E-state index is -0.758. The third-order valence-corrected chi connectivity index (χ3v) is 4.31. The van der Waals surface area contributed by atoms with Crippen molar-refractivity contribution in [1.82, 2.24) is 0 Å². The standard InChI is InChI=1S/C10H12O3/c11-9-5-2-1-4-6(5)3-7(8(4)9)10(12)13/h4-8H,1-3H2,(H,12,13)/t4-,5+,6+,7-,8-/m1/s1. The van der Waals surface area contributed by atoms with Crippen molar-refractivity contribution in [1.29, 1.82) is 0 Å². The number of rotatable bonds is 1. The van der Waals surface area contributed by atoms with Crippen LogP contribution in [0.25, 0.3) is 0 Å². The van der Waals surface area contributed by atoms with E-state index >= 15 is 0 Å². The van der Waals surface area contributed by atoms with Crippen LogP contribution in [0.3, 0.4) is 0 Å². The minimum Gasteiger partial charge on any atom is -0.481 e. The first-order valence-corrected chi connectivity index (χ1v) is 4.96. The van der Waals surface area contributed by atoms with E-state index in [2.05, 4.69) is 0 Å². The highest BCUT2D eigenvalue weighted by molar-refractivity contribution is 5.93. The van der Waals surface area contributed by atoms with Crippen LogP contribution in [0.15, 0.2) is 0 Å². The molecule has 0 aromatic rings. The number of aliphatic carboxylic acids is 1. The van der Waals surface area contributed by atoms with Crippen LogP contribution >= 0.6 is 0 Å². The van der Waals surface area contributed by atoms with Gasteiger partial charge in [0.1, 0.15) is 5.78 Å². The second kappa shape index (κ2) is 2.14. The highest BCUT2D eigenvalue weighted by Crippen LogP contribution is 2.61. The molecule has 0 aromatic heterocycles. The van der Waals surface area contributed by atoms with Crippen molar-refractivity contribution < 1.29 is 14.7 Å². The van der Waals surface area contributed by atoms with Gasteiger partial charge in [0, 0.05) is 11.8 Å². The zero-order chi connectivity index (χ0) is 9.16. The molecule has 3 nitrogen and oxygen atoms in total. The summed E-state index contributed by atoms with van der Waals surface area (Å²) in [5.74, 6) is 0.147. The number of carboxylic acid groups (broad SMARTS) is 1. The smallest absolute Gasteiger partial charge is 0.307 e. The number of carboxylic acids is 1. The maximum atomic E-state index is 11.7. The Labute approximate surface area is 76.1 Å². The highest BCUT2D eigenvalue weighted by atomic mass is 16.4. The van der Waals surface area contributed by atoms with Crippen molar-refractivity contribution in [2.45, 2.75) is 19.3 Å². The Morgan fingerprint density at radius 1 is 1.31 bits per heavy atom. The van der Waals surface area contributed by atoms with Crippen LogP contribution in [0, 0.1) is 29.6 Å². The molecule has 0 spiro atoms. The van der Waals surface area contributed by atoms with Gasteiger partial charge in [-0.05, 0) is 31.1 Å². The van der Waals surface area contributed by atoms with Gasteiger partial charge in [0.05, 0.1) is 5.92 Å². The van der Waals surface area contributed by atoms with E-state index in [4.69, 9.17) is 5.11 Å². The summed E-state index contributed by atoms with van der Waals surface area (Å²) in [7, 11) is 0. The Kier molecular flexibility index (Phi) is 1.24. The van der Waals surface area contributed by atoms with E-state index in [1.54, 1.807) is 0 Å². The molecule has 0 radical (unpaired) electrons. The minimum absolute atomic E-state index is 0.110. The van der Waals surface area contributed by atoms with Crippen LogP contribution in [0.2, 0.25) is 0 Å². The van der Waals surface area contributed by atoms with Crippen LogP contribution in [0.1, 0.15) is 19.3 Å². The molecule has 13 heavy (non-hydrogen) atoms. The summed E-state index contributed by atoms with van der Waals surface area (Å²) in [6, 6.07) is 0. The largest absolute Gasteiger partial charge is 0.481 e. The second-order valence-corrected chi connectivity index (χ2v) is 4.62. The van der Waals surface area contributed by atoms with Gasteiger partial charge in [0.2, 0.25) is 0 Å². The number of ketones is 1. The molecule has 0 heterocycles. The van der Waals surface area contributed by atoms with E-state index in [9.17, 15) is 9.59 Å². The molecule has 3 aliphatic rings. The predicted molar refractivity (Wildman–Crippen MR) is 43.9 cm³/mol. The lowest BCUT2D eigenvalue weighted by Gasteiger charge is -2.24. The van der Waals surface area contributed by atoms with Gasteiger partial charge >= 0.3 is 5.97 Å². The molecule has 0 amide bonds. The third-order valence-electron chi connectivity index (χ3n) is 4.31. The molecule has 0 aliphatic heterocycles.